The molecule has 4 rings (SSSR count). The van der Waals surface area contributed by atoms with Crippen LogP contribution in [0.3, 0.4) is 0 Å². The highest BCUT2D eigenvalue weighted by Gasteiger charge is 2.25. The Morgan fingerprint density at radius 2 is 1.78 bits per heavy atom. The number of amides is 1. The predicted molar refractivity (Wildman–Crippen MR) is 89.6 cm³/mol. The topological polar surface area (TPSA) is 55.1 Å². The number of anilines is 1. The van der Waals surface area contributed by atoms with Crippen LogP contribution < -0.4 is 5.32 Å². The van der Waals surface area contributed by atoms with E-state index in [1.54, 1.807) is 0 Å². The van der Waals surface area contributed by atoms with E-state index in [1.165, 1.54) is 0 Å². The van der Waals surface area contributed by atoms with Crippen LogP contribution >= 0.6 is 0 Å². The maximum absolute atomic E-state index is 12.3. The van der Waals surface area contributed by atoms with Crippen LogP contribution in [-0.4, -0.2) is 11.1 Å². The van der Waals surface area contributed by atoms with E-state index < -0.39 is 0 Å². The first-order chi connectivity index (χ1) is 11.2. The third kappa shape index (κ3) is 2.25. The lowest BCUT2D eigenvalue weighted by atomic mass is 10.0. The van der Waals surface area contributed by atoms with E-state index in [2.05, 4.69) is 10.5 Å². The molecule has 0 fully saturated rings. The lowest BCUT2D eigenvalue weighted by Gasteiger charge is -2.00. The SMILES string of the molecule is Cc1onc(-c2ccccc2)c1/C=C1\C(=O)Nc2ccccc21. The van der Waals surface area contributed by atoms with Crippen molar-refractivity contribution in [1.82, 2.24) is 5.16 Å². The van der Waals surface area contributed by atoms with Crippen molar-refractivity contribution in [3.8, 4) is 11.3 Å². The van der Waals surface area contributed by atoms with Gasteiger partial charge in [-0.1, -0.05) is 53.7 Å². The molecule has 2 aromatic carbocycles. The fourth-order valence-electron chi connectivity index (χ4n) is 2.78. The second kappa shape index (κ2) is 5.25. The van der Waals surface area contributed by atoms with Gasteiger partial charge in [-0.25, -0.2) is 0 Å². The number of carbonyl (C=O) groups excluding carboxylic acids is 1. The predicted octanol–water partition coefficient (Wildman–Crippen LogP) is 4.14. The highest BCUT2D eigenvalue weighted by Crippen LogP contribution is 2.35. The van der Waals surface area contributed by atoms with Crippen molar-refractivity contribution in [1.29, 1.82) is 0 Å². The lowest BCUT2D eigenvalue weighted by molar-refractivity contribution is -0.110. The molecule has 0 aliphatic carbocycles. The Bertz CT molecular complexity index is 924. The zero-order chi connectivity index (χ0) is 15.8. The van der Waals surface area contributed by atoms with Gasteiger partial charge in [-0.3, -0.25) is 4.79 Å². The van der Waals surface area contributed by atoms with Gasteiger partial charge in [-0.15, -0.1) is 0 Å². The number of fused-ring (bicyclic) bond motifs is 1. The zero-order valence-corrected chi connectivity index (χ0v) is 12.5. The van der Waals surface area contributed by atoms with E-state index in [4.69, 9.17) is 4.52 Å². The number of hydrogen-bond acceptors (Lipinski definition) is 3. The van der Waals surface area contributed by atoms with Crippen LogP contribution in [0.1, 0.15) is 16.9 Å². The molecule has 0 unspecified atom stereocenters. The molecule has 1 aromatic heterocycles. The summed E-state index contributed by atoms with van der Waals surface area (Å²) in [5.74, 6) is 0.583. The van der Waals surface area contributed by atoms with Crippen molar-refractivity contribution in [3.05, 3.63) is 71.5 Å². The molecule has 0 saturated heterocycles. The Balaban J connectivity index is 1.87. The minimum atomic E-state index is -0.106. The Morgan fingerprint density at radius 1 is 1.04 bits per heavy atom. The van der Waals surface area contributed by atoms with Gasteiger partial charge >= 0.3 is 0 Å². The molecule has 23 heavy (non-hydrogen) atoms. The quantitative estimate of drug-likeness (QED) is 0.724. The van der Waals surface area contributed by atoms with Crippen molar-refractivity contribution >= 4 is 23.2 Å². The lowest BCUT2D eigenvalue weighted by Crippen LogP contribution is -2.03. The Kier molecular flexibility index (Phi) is 3.08. The van der Waals surface area contributed by atoms with Crippen molar-refractivity contribution in [2.45, 2.75) is 6.92 Å². The van der Waals surface area contributed by atoms with Crippen LogP contribution in [0.5, 0.6) is 0 Å². The molecule has 4 heteroatoms. The van der Waals surface area contributed by atoms with E-state index in [1.807, 2.05) is 67.6 Å². The fourth-order valence-corrected chi connectivity index (χ4v) is 2.78. The number of carbonyl (C=O) groups is 1. The molecular weight excluding hydrogens is 288 g/mol. The van der Waals surface area contributed by atoms with Crippen LogP contribution in [0, 0.1) is 6.92 Å². The fraction of sp³-hybridized carbons (Fsp3) is 0.0526. The van der Waals surface area contributed by atoms with E-state index in [0.29, 0.717) is 11.3 Å². The first-order valence-corrected chi connectivity index (χ1v) is 7.38. The molecule has 4 nitrogen and oxygen atoms in total. The van der Waals surface area contributed by atoms with Crippen molar-refractivity contribution < 1.29 is 9.32 Å². The van der Waals surface area contributed by atoms with Crippen molar-refractivity contribution in [2.75, 3.05) is 5.32 Å². The van der Waals surface area contributed by atoms with Gasteiger partial charge in [0.05, 0.1) is 0 Å². The van der Waals surface area contributed by atoms with Crippen molar-refractivity contribution in [2.24, 2.45) is 0 Å². The van der Waals surface area contributed by atoms with Gasteiger partial charge in [0.1, 0.15) is 11.5 Å². The number of hydrogen-bond donors (Lipinski definition) is 1. The largest absolute Gasteiger partial charge is 0.360 e. The normalized spacial score (nSPS) is 14.8. The molecule has 1 amide bonds. The summed E-state index contributed by atoms with van der Waals surface area (Å²) >= 11 is 0. The second-order valence-electron chi connectivity index (χ2n) is 5.42. The highest BCUT2D eigenvalue weighted by atomic mass is 16.5. The zero-order valence-electron chi connectivity index (χ0n) is 12.5. The third-order valence-electron chi connectivity index (χ3n) is 3.95. The van der Waals surface area contributed by atoms with E-state index >= 15 is 0 Å². The minimum Gasteiger partial charge on any atom is -0.360 e. The first-order valence-electron chi connectivity index (χ1n) is 7.38. The summed E-state index contributed by atoms with van der Waals surface area (Å²) in [6.45, 7) is 1.85. The number of nitrogens with zero attached hydrogens (tertiary/aromatic N) is 1. The molecule has 112 valence electrons. The second-order valence-corrected chi connectivity index (χ2v) is 5.42. The molecule has 3 aromatic rings. The molecule has 1 aliphatic rings. The number of aromatic nitrogens is 1. The first kappa shape index (κ1) is 13.5. The monoisotopic (exact) mass is 302 g/mol. The van der Waals surface area contributed by atoms with Gasteiger partial charge in [0, 0.05) is 28.0 Å². The Morgan fingerprint density at radius 3 is 2.61 bits per heavy atom. The summed E-state index contributed by atoms with van der Waals surface area (Å²) < 4.78 is 5.36. The maximum atomic E-state index is 12.3. The van der Waals surface area contributed by atoms with Gasteiger partial charge in [0.25, 0.3) is 5.91 Å². The molecular formula is C19H14N2O2. The summed E-state index contributed by atoms with van der Waals surface area (Å²) in [5.41, 5.74) is 4.90. The van der Waals surface area contributed by atoms with Crippen LogP contribution in [0.15, 0.2) is 59.1 Å². The molecule has 0 bridgehead atoms. The van der Waals surface area contributed by atoms with Gasteiger partial charge in [-0.2, -0.15) is 0 Å². The minimum absolute atomic E-state index is 0.106. The van der Waals surface area contributed by atoms with Gasteiger partial charge in [0.15, 0.2) is 0 Å². The molecule has 1 N–H and O–H groups in total. The molecule has 0 atom stereocenters. The average Bonchev–Trinajstić information content (AvgIpc) is 3.10. The Labute approximate surface area is 133 Å². The molecule has 0 spiro atoms. The molecule has 0 saturated carbocycles. The van der Waals surface area contributed by atoms with Crippen LogP contribution in [0.2, 0.25) is 0 Å². The summed E-state index contributed by atoms with van der Waals surface area (Å²) in [6.07, 6.45) is 1.86. The van der Waals surface area contributed by atoms with E-state index in [-0.39, 0.29) is 5.91 Å². The molecule has 0 radical (unpaired) electrons. The maximum Gasteiger partial charge on any atom is 0.256 e. The number of benzene rings is 2. The standard InChI is InChI=1S/C19H14N2O2/c1-12-15(18(21-23-12)13-7-3-2-4-8-13)11-16-14-9-5-6-10-17(14)20-19(16)22/h2-11H,1H3,(H,20,22)/b16-11-. The number of aryl methyl sites for hydroxylation is 1. The number of para-hydroxylation sites is 1. The van der Waals surface area contributed by atoms with E-state index in [9.17, 15) is 4.79 Å². The van der Waals surface area contributed by atoms with Gasteiger partial charge in [-0.05, 0) is 19.1 Å². The summed E-state index contributed by atoms with van der Waals surface area (Å²) in [4.78, 5) is 12.3. The van der Waals surface area contributed by atoms with Gasteiger partial charge < -0.3 is 9.84 Å². The average molecular weight is 302 g/mol. The molecule has 1 aliphatic heterocycles. The Hall–Kier alpha value is -3.14. The van der Waals surface area contributed by atoms with Gasteiger partial charge in [0.2, 0.25) is 0 Å². The number of nitrogens with one attached hydrogen (secondary N) is 1. The smallest absolute Gasteiger partial charge is 0.256 e. The summed E-state index contributed by atoms with van der Waals surface area (Å²) in [6, 6.07) is 17.5. The van der Waals surface area contributed by atoms with Crippen LogP contribution in [0.25, 0.3) is 22.9 Å². The molecule has 2 heterocycles. The van der Waals surface area contributed by atoms with Crippen molar-refractivity contribution in [3.63, 3.8) is 0 Å². The summed E-state index contributed by atoms with van der Waals surface area (Å²) in [7, 11) is 0. The van der Waals surface area contributed by atoms with Crippen LogP contribution in [0.4, 0.5) is 5.69 Å². The van der Waals surface area contributed by atoms with E-state index in [0.717, 1.165) is 28.1 Å². The third-order valence-corrected chi connectivity index (χ3v) is 3.95. The van der Waals surface area contributed by atoms with Crippen LogP contribution in [-0.2, 0) is 4.79 Å². The number of rotatable bonds is 2. The summed E-state index contributed by atoms with van der Waals surface area (Å²) in [5, 5.41) is 7.04. The highest BCUT2D eigenvalue weighted by molar-refractivity contribution is 6.35.